The SMILES string of the molecule is CCNC(=O)N1CCC(CCOC)(NC(=O)Cc2ccccc2)CC1. The molecule has 0 saturated carbocycles. The molecule has 0 atom stereocenters. The van der Waals surface area contributed by atoms with E-state index in [2.05, 4.69) is 10.6 Å². The van der Waals surface area contributed by atoms with Crippen LogP contribution in [0.5, 0.6) is 0 Å². The number of rotatable bonds is 7. The van der Waals surface area contributed by atoms with Gasteiger partial charge in [0.2, 0.25) is 5.91 Å². The van der Waals surface area contributed by atoms with Crippen LogP contribution in [0.4, 0.5) is 4.79 Å². The Kier molecular flexibility index (Phi) is 7.25. The molecule has 6 nitrogen and oxygen atoms in total. The number of hydrogen-bond donors (Lipinski definition) is 2. The Labute approximate surface area is 149 Å². The Morgan fingerprint density at radius 1 is 1.20 bits per heavy atom. The molecule has 0 aliphatic carbocycles. The van der Waals surface area contributed by atoms with Gasteiger partial charge < -0.3 is 20.3 Å². The molecule has 1 aromatic carbocycles. The molecule has 2 rings (SSSR count). The fourth-order valence-electron chi connectivity index (χ4n) is 3.26. The number of ether oxygens (including phenoxy) is 1. The number of amides is 3. The Hall–Kier alpha value is -2.08. The first-order chi connectivity index (χ1) is 12.1. The minimum absolute atomic E-state index is 0.0220. The summed E-state index contributed by atoms with van der Waals surface area (Å²) < 4.78 is 5.24. The molecule has 0 aromatic heterocycles. The molecule has 1 aromatic rings. The van der Waals surface area contributed by atoms with Gasteiger partial charge in [-0.2, -0.15) is 0 Å². The number of benzene rings is 1. The van der Waals surface area contributed by atoms with Crippen LogP contribution in [0.2, 0.25) is 0 Å². The summed E-state index contributed by atoms with van der Waals surface area (Å²) in [5.41, 5.74) is 0.701. The van der Waals surface area contributed by atoms with E-state index >= 15 is 0 Å². The number of piperidine rings is 1. The molecule has 1 aliphatic rings. The number of carbonyl (C=O) groups is 2. The minimum Gasteiger partial charge on any atom is -0.385 e. The Balaban J connectivity index is 1.96. The molecule has 1 fully saturated rings. The van der Waals surface area contributed by atoms with Crippen LogP contribution in [-0.4, -0.2) is 55.7 Å². The molecular weight excluding hydrogens is 318 g/mol. The van der Waals surface area contributed by atoms with Crippen molar-refractivity contribution in [2.75, 3.05) is 33.4 Å². The third kappa shape index (κ3) is 5.74. The van der Waals surface area contributed by atoms with Gasteiger partial charge in [-0.15, -0.1) is 0 Å². The summed E-state index contributed by atoms with van der Waals surface area (Å²) in [7, 11) is 1.67. The van der Waals surface area contributed by atoms with Crippen molar-refractivity contribution in [1.82, 2.24) is 15.5 Å². The van der Waals surface area contributed by atoms with E-state index in [1.807, 2.05) is 42.2 Å². The minimum atomic E-state index is -0.301. The number of likely N-dealkylation sites (tertiary alicyclic amines) is 1. The smallest absolute Gasteiger partial charge is 0.317 e. The van der Waals surface area contributed by atoms with Crippen molar-refractivity contribution in [3.05, 3.63) is 35.9 Å². The fourth-order valence-corrected chi connectivity index (χ4v) is 3.26. The number of urea groups is 1. The van der Waals surface area contributed by atoms with Gasteiger partial charge in [0.25, 0.3) is 0 Å². The average molecular weight is 347 g/mol. The van der Waals surface area contributed by atoms with Gasteiger partial charge in [-0.1, -0.05) is 30.3 Å². The summed E-state index contributed by atoms with van der Waals surface area (Å²) in [5.74, 6) is 0.0220. The zero-order valence-corrected chi connectivity index (χ0v) is 15.2. The van der Waals surface area contributed by atoms with E-state index in [-0.39, 0.29) is 17.5 Å². The van der Waals surface area contributed by atoms with Crippen molar-refractivity contribution in [2.45, 2.75) is 38.1 Å². The van der Waals surface area contributed by atoms with E-state index in [1.54, 1.807) is 7.11 Å². The highest BCUT2D eigenvalue weighted by Crippen LogP contribution is 2.26. The maximum Gasteiger partial charge on any atom is 0.317 e. The van der Waals surface area contributed by atoms with Gasteiger partial charge in [0, 0.05) is 38.9 Å². The van der Waals surface area contributed by atoms with Crippen LogP contribution >= 0.6 is 0 Å². The van der Waals surface area contributed by atoms with E-state index in [0.29, 0.717) is 32.7 Å². The lowest BCUT2D eigenvalue weighted by Gasteiger charge is -2.42. The molecule has 0 bridgehead atoms. The second kappa shape index (κ2) is 9.42. The summed E-state index contributed by atoms with van der Waals surface area (Å²) in [6.07, 6.45) is 2.62. The topological polar surface area (TPSA) is 70.7 Å². The van der Waals surface area contributed by atoms with Crippen LogP contribution in [0.1, 0.15) is 31.7 Å². The molecule has 3 amide bonds. The van der Waals surface area contributed by atoms with Gasteiger partial charge in [0.1, 0.15) is 0 Å². The van der Waals surface area contributed by atoms with Gasteiger partial charge in [0.15, 0.2) is 0 Å². The van der Waals surface area contributed by atoms with Crippen molar-refractivity contribution in [2.24, 2.45) is 0 Å². The summed E-state index contributed by atoms with van der Waals surface area (Å²) >= 11 is 0. The molecule has 0 radical (unpaired) electrons. The van der Waals surface area contributed by atoms with E-state index in [9.17, 15) is 9.59 Å². The maximum absolute atomic E-state index is 12.5. The molecule has 6 heteroatoms. The summed E-state index contributed by atoms with van der Waals surface area (Å²) in [4.78, 5) is 26.3. The van der Waals surface area contributed by atoms with Crippen LogP contribution in [0.25, 0.3) is 0 Å². The highest BCUT2D eigenvalue weighted by Gasteiger charge is 2.36. The Bertz CT molecular complexity index is 554. The first-order valence-corrected chi connectivity index (χ1v) is 8.95. The molecule has 1 aliphatic heterocycles. The van der Waals surface area contributed by atoms with E-state index in [1.165, 1.54) is 0 Å². The predicted molar refractivity (Wildman–Crippen MR) is 97.4 cm³/mol. The fraction of sp³-hybridized carbons (Fsp3) is 0.579. The van der Waals surface area contributed by atoms with E-state index in [4.69, 9.17) is 4.74 Å². The molecule has 138 valence electrons. The van der Waals surface area contributed by atoms with Crippen LogP contribution < -0.4 is 10.6 Å². The predicted octanol–water partition coefficient (Wildman–Crippen LogP) is 1.95. The van der Waals surface area contributed by atoms with Gasteiger partial charge in [0.05, 0.1) is 6.42 Å². The molecule has 1 saturated heterocycles. The highest BCUT2D eigenvalue weighted by molar-refractivity contribution is 5.79. The van der Waals surface area contributed by atoms with Crippen molar-refractivity contribution < 1.29 is 14.3 Å². The zero-order valence-electron chi connectivity index (χ0n) is 15.2. The summed E-state index contributed by atoms with van der Waals surface area (Å²) in [5, 5.41) is 6.06. The molecule has 2 N–H and O–H groups in total. The molecule has 0 spiro atoms. The van der Waals surface area contributed by atoms with E-state index < -0.39 is 0 Å². The lowest BCUT2D eigenvalue weighted by atomic mass is 9.84. The summed E-state index contributed by atoms with van der Waals surface area (Å²) in [6, 6.07) is 9.71. The first kappa shape index (κ1) is 19.2. The first-order valence-electron chi connectivity index (χ1n) is 8.95. The molecule has 25 heavy (non-hydrogen) atoms. The number of hydrogen-bond acceptors (Lipinski definition) is 3. The van der Waals surface area contributed by atoms with Crippen LogP contribution in [0, 0.1) is 0 Å². The Morgan fingerprint density at radius 3 is 2.48 bits per heavy atom. The largest absolute Gasteiger partial charge is 0.385 e. The number of carbonyl (C=O) groups excluding carboxylic acids is 2. The molecule has 0 unspecified atom stereocenters. The number of nitrogens with zero attached hydrogens (tertiary/aromatic N) is 1. The molecular formula is C19H29N3O3. The van der Waals surface area contributed by atoms with E-state index in [0.717, 1.165) is 24.8 Å². The second-order valence-electron chi connectivity index (χ2n) is 6.56. The van der Waals surface area contributed by atoms with Crippen molar-refractivity contribution in [3.63, 3.8) is 0 Å². The second-order valence-corrected chi connectivity index (χ2v) is 6.56. The Morgan fingerprint density at radius 2 is 1.88 bits per heavy atom. The zero-order chi connectivity index (χ0) is 18.1. The van der Waals surface area contributed by atoms with Gasteiger partial charge in [-0.25, -0.2) is 4.79 Å². The lowest BCUT2D eigenvalue weighted by Crippen LogP contribution is -2.58. The standard InChI is InChI=1S/C19H29N3O3/c1-3-20-18(24)22-12-9-19(10-13-22,11-14-25-2)21-17(23)15-16-7-5-4-6-8-16/h4-8H,3,9-15H2,1-2H3,(H,20,24)(H,21,23). The average Bonchev–Trinajstić information content (AvgIpc) is 2.61. The van der Waals surface area contributed by atoms with Gasteiger partial charge >= 0.3 is 6.03 Å². The van der Waals surface area contributed by atoms with Crippen molar-refractivity contribution in [3.8, 4) is 0 Å². The van der Waals surface area contributed by atoms with Crippen LogP contribution in [0.15, 0.2) is 30.3 Å². The molecule has 1 heterocycles. The third-order valence-corrected chi connectivity index (χ3v) is 4.73. The van der Waals surface area contributed by atoms with Crippen molar-refractivity contribution in [1.29, 1.82) is 0 Å². The van der Waals surface area contributed by atoms with Gasteiger partial charge in [-0.05, 0) is 31.7 Å². The third-order valence-electron chi connectivity index (χ3n) is 4.73. The van der Waals surface area contributed by atoms with Gasteiger partial charge in [-0.3, -0.25) is 4.79 Å². The number of nitrogens with one attached hydrogen (secondary N) is 2. The summed E-state index contributed by atoms with van der Waals surface area (Å²) in [6.45, 7) is 4.40. The van der Waals surface area contributed by atoms with Crippen LogP contribution in [0.3, 0.4) is 0 Å². The normalized spacial score (nSPS) is 16.3. The monoisotopic (exact) mass is 347 g/mol. The maximum atomic E-state index is 12.5. The quantitative estimate of drug-likeness (QED) is 0.792. The lowest BCUT2D eigenvalue weighted by molar-refractivity contribution is -0.123. The number of methoxy groups -OCH3 is 1. The van der Waals surface area contributed by atoms with Crippen molar-refractivity contribution >= 4 is 11.9 Å². The highest BCUT2D eigenvalue weighted by atomic mass is 16.5. The van der Waals surface area contributed by atoms with Crippen LogP contribution in [-0.2, 0) is 16.0 Å².